The van der Waals surface area contributed by atoms with Crippen LogP contribution >= 0.6 is 11.6 Å². The summed E-state index contributed by atoms with van der Waals surface area (Å²) in [6.45, 7) is 1.94. The molecule has 0 bridgehead atoms. The largest absolute Gasteiger partial charge is 0.380 e. The molecule has 0 fully saturated rings. The molecule has 2 N–H and O–H groups in total. The molecule has 0 saturated heterocycles. The molecule has 2 aromatic heterocycles. The number of nitrogen functional groups attached to an aromatic ring is 1. The quantitative estimate of drug-likeness (QED) is 0.774. The lowest BCUT2D eigenvalue weighted by Crippen LogP contribution is -1.89. The number of aryl methyl sites for hydroxylation is 1. The van der Waals surface area contributed by atoms with E-state index in [1.54, 1.807) is 12.4 Å². The normalized spacial score (nSPS) is 10.7. The van der Waals surface area contributed by atoms with Crippen LogP contribution in [0, 0.1) is 6.92 Å². The highest BCUT2D eigenvalue weighted by Gasteiger charge is 2.18. The van der Waals surface area contributed by atoms with Gasteiger partial charge in [-0.05, 0) is 36.8 Å². The van der Waals surface area contributed by atoms with Crippen LogP contribution in [0.4, 0.5) is 5.82 Å². The molecule has 0 aliphatic heterocycles. The Morgan fingerprint density at radius 1 is 1.20 bits per heavy atom. The van der Waals surface area contributed by atoms with Gasteiger partial charge < -0.3 is 10.3 Å². The molecule has 3 rings (SSSR count). The van der Waals surface area contributed by atoms with Gasteiger partial charge in [-0.1, -0.05) is 22.8 Å². The maximum absolute atomic E-state index is 6.05. The number of rotatable bonds is 2. The minimum absolute atomic E-state index is 0.348. The van der Waals surface area contributed by atoms with Crippen molar-refractivity contribution >= 4 is 17.4 Å². The van der Waals surface area contributed by atoms with Gasteiger partial charge >= 0.3 is 0 Å². The highest BCUT2D eigenvalue weighted by atomic mass is 35.5. The van der Waals surface area contributed by atoms with Gasteiger partial charge in [0.25, 0.3) is 0 Å². The van der Waals surface area contributed by atoms with Crippen LogP contribution in [0.15, 0.2) is 47.2 Å². The lowest BCUT2D eigenvalue weighted by molar-refractivity contribution is 0.436. The van der Waals surface area contributed by atoms with Gasteiger partial charge in [0.15, 0.2) is 11.6 Å². The number of halogens is 1. The van der Waals surface area contributed by atoms with Crippen LogP contribution in [0.5, 0.6) is 0 Å². The van der Waals surface area contributed by atoms with Crippen LogP contribution in [-0.2, 0) is 0 Å². The van der Waals surface area contributed by atoms with E-state index in [0.29, 0.717) is 16.6 Å². The molecular formula is C15H12ClN3O. The minimum Gasteiger partial charge on any atom is -0.380 e. The summed E-state index contributed by atoms with van der Waals surface area (Å²) in [4.78, 5) is 4.10. The van der Waals surface area contributed by atoms with Gasteiger partial charge in [0.1, 0.15) is 0 Å². The van der Waals surface area contributed by atoms with E-state index < -0.39 is 0 Å². The molecule has 20 heavy (non-hydrogen) atoms. The number of hydrogen-bond donors (Lipinski definition) is 1. The van der Waals surface area contributed by atoms with Crippen LogP contribution in [0.1, 0.15) is 5.56 Å². The number of nitrogens with zero attached hydrogens (tertiary/aromatic N) is 2. The Hall–Kier alpha value is -2.33. The lowest BCUT2D eigenvalue weighted by atomic mass is 10.0. The first-order valence-electron chi connectivity index (χ1n) is 6.09. The van der Waals surface area contributed by atoms with Gasteiger partial charge in [-0.2, -0.15) is 0 Å². The maximum Gasteiger partial charge on any atom is 0.176 e. The topological polar surface area (TPSA) is 64.9 Å². The first-order valence-corrected chi connectivity index (χ1v) is 6.46. The molecule has 0 spiro atoms. The molecule has 100 valence electrons. The number of benzene rings is 1. The molecule has 0 unspecified atom stereocenters. The summed E-state index contributed by atoms with van der Waals surface area (Å²) in [5.74, 6) is 0.968. The molecule has 4 nitrogen and oxygen atoms in total. The van der Waals surface area contributed by atoms with Crippen LogP contribution in [0.25, 0.3) is 22.5 Å². The average molecular weight is 286 g/mol. The zero-order chi connectivity index (χ0) is 14.1. The van der Waals surface area contributed by atoms with Crippen molar-refractivity contribution in [3.8, 4) is 22.5 Å². The molecular weight excluding hydrogens is 274 g/mol. The number of hydrogen-bond acceptors (Lipinski definition) is 4. The number of pyridine rings is 1. The molecule has 0 radical (unpaired) electrons. The fourth-order valence-corrected chi connectivity index (χ4v) is 2.19. The van der Waals surface area contributed by atoms with E-state index in [-0.39, 0.29) is 0 Å². The molecule has 0 amide bonds. The van der Waals surface area contributed by atoms with Gasteiger partial charge in [0.05, 0.1) is 5.56 Å². The van der Waals surface area contributed by atoms with E-state index in [9.17, 15) is 0 Å². The molecule has 0 atom stereocenters. The average Bonchev–Trinajstić information content (AvgIpc) is 2.85. The Morgan fingerprint density at radius 2 is 2.05 bits per heavy atom. The van der Waals surface area contributed by atoms with E-state index in [0.717, 1.165) is 22.3 Å². The SMILES string of the molecule is Cc1cc(-c2onc(N)c2-c2cccnc2)ccc1Cl. The second-order valence-corrected chi connectivity index (χ2v) is 4.88. The summed E-state index contributed by atoms with van der Waals surface area (Å²) in [6, 6.07) is 9.43. The second kappa shape index (κ2) is 4.98. The Kier molecular flexibility index (Phi) is 3.16. The van der Waals surface area contributed by atoms with Gasteiger partial charge in [-0.25, -0.2) is 0 Å². The Labute approximate surface area is 121 Å². The molecule has 0 saturated carbocycles. The predicted octanol–water partition coefficient (Wildman–Crippen LogP) is 3.95. The van der Waals surface area contributed by atoms with Crippen molar-refractivity contribution in [1.29, 1.82) is 0 Å². The highest BCUT2D eigenvalue weighted by molar-refractivity contribution is 6.31. The first-order chi connectivity index (χ1) is 9.66. The number of anilines is 1. The molecule has 1 aromatic carbocycles. The molecule has 5 heteroatoms. The van der Waals surface area contributed by atoms with Gasteiger partial charge in [-0.15, -0.1) is 0 Å². The third-order valence-corrected chi connectivity index (χ3v) is 3.51. The van der Waals surface area contributed by atoms with Crippen molar-refractivity contribution in [2.75, 3.05) is 5.73 Å². The summed E-state index contributed by atoms with van der Waals surface area (Å²) in [5, 5.41) is 4.58. The van der Waals surface area contributed by atoms with Crippen LogP contribution < -0.4 is 5.73 Å². The van der Waals surface area contributed by atoms with Crippen LogP contribution in [-0.4, -0.2) is 10.1 Å². The van der Waals surface area contributed by atoms with Gasteiger partial charge in [0.2, 0.25) is 0 Å². The van der Waals surface area contributed by atoms with Crippen molar-refractivity contribution in [2.45, 2.75) is 6.92 Å². The fourth-order valence-electron chi connectivity index (χ4n) is 2.08. The van der Waals surface area contributed by atoms with E-state index in [2.05, 4.69) is 10.1 Å². The summed E-state index contributed by atoms with van der Waals surface area (Å²) in [7, 11) is 0. The molecule has 3 aromatic rings. The number of aromatic nitrogens is 2. The van der Waals surface area contributed by atoms with Crippen LogP contribution in [0.3, 0.4) is 0 Å². The lowest BCUT2D eigenvalue weighted by Gasteiger charge is -2.04. The maximum atomic E-state index is 6.05. The third kappa shape index (κ3) is 2.14. The van der Waals surface area contributed by atoms with Crippen molar-refractivity contribution in [3.63, 3.8) is 0 Å². The third-order valence-electron chi connectivity index (χ3n) is 3.09. The summed E-state index contributed by atoms with van der Waals surface area (Å²) in [6.07, 6.45) is 3.44. The van der Waals surface area contributed by atoms with Gasteiger partial charge in [-0.3, -0.25) is 4.98 Å². The smallest absolute Gasteiger partial charge is 0.176 e. The van der Waals surface area contributed by atoms with Gasteiger partial charge in [0, 0.05) is 28.5 Å². The summed E-state index contributed by atoms with van der Waals surface area (Å²) >= 11 is 6.05. The Bertz CT molecular complexity index is 753. The summed E-state index contributed by atoms with van der Waals surface area (Å²) < 4.78 is 5.38. The monoisotopic (exact) mass is 285 g/mol. The summed E-state index contributed by atoms with van der Waals surface area (Å²) in [5.41, 5.74) is 9.39. The van der Waals surface area contributed by atoms with Crippen molar-refractivity contribution in [3.05, 3.63) is 53.3 Å². The zero-order valence-electron chi connectivity index (χ0n) is 10.8. The van der Waals surface area contributed by atoms with Crippen LogP contribution in [0.2, 0.25) is 5.02 Å². The van der Waals surface area contributed by atoms with E-state index >= 15 is 0 Å². The standard InChI is InChI=1S/C15H12ClN3O/c1-9-7-10(4-5-12(9)16)14-13(15(17)19-20-14)11-3-2-6-18-8-11/h2-8H,1H3,(H2,17,19). The van der Waals surface area contributed by atoms with Crippen molar-refractivity contribution in [2.24, 2.45) is 0 Å². The van der Waals surface area contributed by atoms with Crippen molar-refractivity contribution < 1.29 is 4.52 Å². The second-order valence-electron chi connectivity index (χ2n) is 4.48. The Morgan fingerprint density at radius 3 is 2.75 bits per heavy atom. The minimum atomic E-state index is 0.348. The molecule has 2 heterocycles. The predicted molar refractivity (Wildman–Crippen MR) is 79.3 cm³/mol. The fraction of sp³-hybridized carbons (Fsp3) is 0.0667. The van der Waals surface area contributed by atoms with Crippen molar-refractivity contribution in [1.82, 2.24) is 10.1 Å². The molecule has 0 aliphatic rings. The Balaban J connectivity index is 2.18. The number of nitrogens with two attached hydrogens (primary N) is 1. The first kappa shape index (κ1) is 12.7. The van der Waals surface area contributed by atoms with E-state index in [1.807, 2.05) is 37.3 Å². The van der Waals surface area contributed by atoms with E-state index in [4.69, 9.17) is 21.9 Å². The van der Waals surface area contributed by atoms with E-state index in [1.165, 1.54) is 0 Å². The zero-order valence-corrected chi connectivity index (χ0v) is 11.6. The highest BCUT2D eigenvalue weighted by Crippen LogP contribution is 2.37. The molecule has 0 aliphatic carbocycles.